The highest BCUT2D eigenvalue weighted by atomic mass is 16.4. The average molecular weight is 221 g/mol. The van der Waals surface area contributed by atoms with E-state index in [1.165, 1.54) is 0 Å². The van der Waals surface area contributed by atoms with Crippen molar-refractivity contribution < 1.29 is 15.0 Å². The number of phenolic OH excluding ortho intramolecular Hbond substituents is 1. The van der Waals surface area contributed by atoms with Crippen molar-refractivity contribution in [1.29, 1.82) is 0 Å². The van der Waals surface area contributed by atoms with Crippen LogP contribution in [0.15, 0.2) is 12.1 Å². The van der Waals surface area contributed by atoms with Crippen molar-refractivity contribution in [2.75, 3.05) is 0 Å². The molecule has 0 saturated heterocycles. The van der Waals surface area contributed by atoms with Crippen LogP contribution in [-0.4, -0.2) is 16.2 Å². The summed E-state index contributed by atoms with van der Waals surface area (Å²) in [6.07, 6.45) is 3.91. The summed E-state index contributed by atoms with van der Waals surface area (Å²) >= 11 is 0. The number of nitrogens with two attached hydrogens (primary N) is 1. The molecule has 0 spiro atoms. The summed E-state index contributed by atoms with van der Waals surface area (Å²) in [5.41, 5.74) is 7.82. The third-order valence-corrected chi connectivity index (χ3v) is 3.13. The van der Waals surface area contributed by atoms with E-state index in [2.05, 4.69) is 0 Å². The first-order valence-corrected chi connectivity index (χ1v) is 5.43. The van der Waals surface area contributed by atoms with E-state index in [-0.39, 0.29) is 5.75 Å². The first kappa shape index (κ1) is 11.0. The first-order valence-electron chi connectivity index (χ1n) is 5.43. The lowest BCUT2D eigenvalue weighted by molar-refractivity contribution is -0.138. The first-order chi connectivity index (χ1) is 7.61. The number of fused-ring (bicyclic) bond motifs is 1. The van der Waals surface area contributed by atoms with Gasteiger partial charge in [-0.2, -0.15) is 0 Å². The third kappa shape index (κ3) is 1.76. The van der Waals surface area contributed by atoms with Gasteiger partial charge in [-0.1, -0.05) is 12.1 Å². The smallest absolute Gasteiger partial charge is 0.325 e. The molecule has 1 aliphatic rings. The highest BCUT2D eigenvalue weighted by Crippen LogP contribution is 2.34. The molecule has 4 nitrogen and oxygen atoms in total. The fourth-order valence-electron chi connectivity index (χ4n) is 2.21. The molecule has 4 heteroatoms. The topological polar surface area (TPSA) is 83.6 Å². The van der Waals surface area contributed by atoms with Gasteiger partial charge in [-0.25, -0.2) is 0 Å². The predicted molar refractivity (Wildman–Crippen MR) is 59.3 cm³/mol. The van der Waals surface area contributed by atoms with Crippen molar-refractivity contribution in [3.05, 3.63) is 28.8 Å². The second-order valence-corrected chi connectivity index (χ2v) is 4.16. The lowest BCUT2D eigenvalue weighted by atomic mass is 9.88. The number of aryl methyl sites for hydroxylation is 1. The number of carbonyl (C=O) groups is 1. The van der Waals surface area contributed by atoms with Crippen LogP contribution in [0.1, 0.15) is 35.6 Å². The molecule has 0 heterocycles. The van der Waals surface area contributed by atoms with Gasteiger partial charge in [-0.3, -0.25) is 4.79 Å². The Bertz CT molecular complexity index is 429. The summed E-state index contributed by atoms with van der Waals surface area (Å²) in [5.74, 6) is -1.04. The zero-order chi connectivity index (χ0) is 11.7. The summed E-state index contributed by atoms with van der Waals surface area (Å²) in [5, 5.41) is 18.8. The quantitative estimate of drug-likeness (QED) is 0.704. The van der Waals surface area contributed by atoms with Crippen LogP contribution < -0.4 is 5.73 Å². The number of aromatic hydroxyl groups is 1. The molecule has 0 amide bonds. The van der Waals surface area contributed by atoms with Crippen molar-refractivity contribution in [3.8, 4) is 5.75 Å². The maximum absolute atomic E-state index is 10.8. The summed E-state index contributed by atoms with van der Waals surface area (Å²) < 4.78 is 0. The second-order valence-electron chi connectivity index (χ2n) is 4.16. The molecule has 16 heavy (non-hydrogen) atoms. The van der Waals surface area contributed by atoms with Gasteiger partial charge in [-0.05, 0) is 36.8 Å². The van der Waals surface area contributed by atoms with Crippen molar-refractivity contribution in [2.24, 2.45) is 5.73 Å². The van der Waals surface area contributed by atoms with E-state index in [1.54, 1.807) is 6.07 Å². The number of carboxylic acid groups (broad SMARTS) is 1. The van der Waals surface area contributed by atoms with Crippen LogP contribution in [0, 0.1) is 0 Å². The largest absolute Gasteiger partial charge is 0.507 e. The van der Waals surface area contributed by atoms with Crippen molar-refractivity contribution in [2.45, 2.75) is 31.7 Å². The Kier molecular flexibility index (Phi) is 2.83. The SMILES string of the molecule is NC(C(=O)O)c1ccc2c(c1O)CCCC2. The van der Waals surface area contributed by atoms with Gasteiger partial charge < -0.3 is 15.9 Å². The van der Waals surface area contributed by atoms with Crippen LogP contribution in [0.3, 0.4) is 0 Å². The predicted octanol–water partition coefficient (Wildman–Crippen LogP) is 1.36. The Morgan fingerprint density at radius 2 is 2.00 bits per heavy atom. The Labute approximate surface area is 93.7 Å². The zero-order valence-electron chi connectivity index (χ0n) is 8.94. The molecule has 0 fully saturated rings. The molecule has 1 aromatic carbocycles. The molecule has 0 aromatic heterocycles. The van der Waals surface area contributed by atoms with Crippen LogP contribution in [0.25, 0.3) is 0 Å². The zero-order valence-corrected chi connectivity index (χ0v) is 8.94. The molecule has 86 valence electrons. The standard InChI is InChI=1S/C12H15NO3/c13-10(12(15)16)9-6-5-7-3-1-2-4-8(7)11(9)14/h5-6,10,14H,1-4,13H2,(H,15,16). The van der Waals surface area contributed by atoms with Gasteiger partial charge in [0.05, 0.1) is 0 Å². The fraction of sp³-hybridized carbons (Fsp3) is 0.417. The van der Waals surface area contributed by atoms with Gasteiger partial charge in [0, 0.05) is 5.56 Å². The van der Waals surface area contributed by atoms with Gasteiger partial charge >= 0.3 is 5.97 Å². The number of phenols is 1. The third-order valence-electron chi connectivity index (χ3n) is 3.13. The Morgan fingerprint density at radius 1 is 1.31 bits per heavy atom. The minimum absolute atomic E-state index is 0.0760. The Hall–Kier alpha value is -1.55. The number of hydrogen-bond donors (Lipinski definition) is 3. The van der Waals surface area contributed by atoms with Crippen LogP contribution in [0.2, 0.25) is 0 Å². The van der Waals surface area contributed by atoms with Crippen LogP contribution in [0.5, 0.6) is 5.75 Å². The monoisotopic (exact) mass is 221 g/mol. The summed E-state index contributed by atoms with van der Waals surface area (Å²) in [7, 11) is 0. The van der Waals surface area contributed by atoms with E-state index in [9.17, 15) is 9.90 Å². The molecule has 1 unspecified atom stereocenters. The van der Waals surface area contributed by atoms with Crippen molar-refractivity contribution >= 4 is 5.97 Å². The summed E-state index contributed by atoms with van der Waals surface area (Å²) in [6.45, 7) is 0. The van der Waals surface area contributed by atoms with E-state index in [0.29, 0.717) is 5.56 Å². The molecule has 1 atom stereocenters. The van der Waals surface area contributed by atoms with Gasteiger partial charge in [0.1, 0.15) is 11.8 Å². The minimum atomic E-state index is -1.15. The molecular weight excluding hydrogens is 206 g/mol. The number of benzene rings is 1. The van der Waals surface area contributed by atoms with E-state index >= 15 is 0 Å². The van der Waals surface area contributed by atoms with Crippen LogP contribution in [0.4, 0.5) is 0 Å². The van der Waals surface area contributed by atoms with Crippen LogP contribution in [-0.2, 0) is 17.6 Å². The van der Waals surface area contributed by atoms with Gasteiger partial charge in [0.15, 0.2) is 0 Å². The average Bonchev–Trinajstić information content (AvgIpc) is 2.29. The molecular formula is C12H15NO3. The van der Waals surface area contributed by atoms with E-state index in [4.69, 9.17) is 10.8 Å². The second kappa shape index (κ2) is 4.14. The van der Waals surface area contributed by atoms with Gasteiger partial charge in [0.25, 0.3) is 0 Å². The Balaban J connectivity index is 2.45. The maximum Gasteiger partial charge on any atom is 0.325 e. The van der Waals surface area contributed by atoms with Crippen molar-refractivity contribution in [3.63, 3.8) is 0 Å². The molecule has 2 rings (SSSR count). The maximum atomic E-state index is 10.8. The molecule has 0 radical (unpaired) electrons. The van der Waals surface area contributed by atoms with Crippen LogP contribution >= 0.6 is 0 Å². The summed E-state index contributed by atoms with van der Waals surface area (Å²) in [6, 6.07) is 2.36. The van der Waals surface area contributed by atoms with E-state index < -0.39 is 12.0 Å². The molecule has 0 bridgehead atoms. The fourth-order valence-corrected chi connectivity index (χ4v) is 2.21. The van der Waals surface area contributed by atoms with Gasteiger partial charge in [-0.15, -0.1) is 0 Å². The van der Waals surface area contributed by atoms with Gasteiger partial charge in [0.2, 0.25) is 0 Å². The molecule has 0 aliphatic heterocycles. The lowest BCUT2D eigenvalue weighted by Gasteiger charge is -2.20. The minimum Gasteiger partial charge on any atom is -0.507 e. The molecule has 4 N–H and O–H groups in total. The number of rotatable bonds is 2. The number of hydrogen-bond acceptors (Lipinski definition) is 3. The summed E-state index contributed by atoms with van der Waals surface area (Å²) in [4.78, 5) is 10.8. The highest BCUT2D eigenvalue weighted by Gasteiger charge is 2.22. The lowest BCUT2D eigenvalue weighted by Crippen LogP contribution is -2.21. The molecule has 0 saturated carbocycles. The molecule has 1 aromatic rings. The normalized spacial score (nSPS) is 16.6. The van der Waals surface area contributed by atoms with E-state index in [0.717, 1.165) is 36.8 Å². The molecule has 1 aliphatic carbocycles. The van der Waals surface area contributed by atoms with E-state index in [1.807, 2.05) is 6.07 Å². The number of carboxylic acids is 1. The number of aliphatic carboxylic acids is 1. The highest BCUT2D eigenvalue weighted by molar-refractivity contribution is 5.76. The van der Waals surface area contributed by atoms with Crippen molar-refractivity contribution in [1.82, 2.24) is 0 Å². The Morgan fingerprint density at radius 3 is 2.69 bits per heavy atom.